The lowest BCUT2D eigenvalue weighted by Gasteiger charge is -2.27. The van der Waals surface area contributed by atoms with Crippen LogP contribution in [0.3, 0.4) is 0 Å². The summed E-state index contributed by atoms with van der Waals surface area (Å²) < 4.78 is 1.95. The van der Waals surface area contributed by atoms with Crippen LogP contribution in [0.5, 0.6) is 0 Å². The first-order chi connectivity index (χ1) is 10.3. The molecule has 2 aromatic rings. The van der Waals surface area contributed by atoms with Crippen LogP contribution in [-0.2, 0) is 13.1 Å². The van der Waals surface area contributed by atoms with Crippen LogP contribution >= 0.6 is 0 Å². The third-order valence-electron chi connectivity index (χ3n) is 3.30. The van der Waals surface area contributed by atoms with Gasteiger partial charge in [-0.3, -0.25) is 9.78 Å². The highest BCUT2D eigenvalue weighted by Crippen LogP contribution is 2.15. The second kappa shape index (κ2) is 5.73. The molecule has 7 nitrogen and oxygen atoms in total. The molecule has 0 radical (unpaired) electrons. The van der Waals surface area contributed by atoms with Crippen molar-refractivity contribution in [2.75, 3.05) is 13.1 Å². The number of pyridine rings is 1. The number of amides is 1. The van der Waals surface area contributed by atoms with Gasteiger partial charge in [0.25, 0.3) is 5.91 Å². The summed E-state index contributed by atoms with van der Waals surface area (Å²) in [5.41, 5.74) is 6.52. The Kier molecular flexibility index (Phi) is 3.62. The standard InChI is InChI=1S/C14H14N6O/c15-4-1-2-11-8-16-5-3-12(11)14(21)19-6-7-20-10-17-18-13(20)9-19/h3,5,8,10H,4,6-7,9,15H2. The van der Waals surface area contributed by atoms with Gasteiger partial charge in [0.1, 0.15) is 6.33 Å². The van der Waals surface area contributed by atoms with Gasteiger partial charge in [-0.05, 0) is 6.07 Å². The smallest absolute Gasteiger partial charge is 0.255 e. The fourth-order valence-electron chi connectivity index (χ4n) is 2.24. The number of fused-ring (bicyclic) bond motifs is 1. The minimum atomic E-state index is -0.0760. The molecule has 2 aromatic heterocycles. The maximum Gasteiger partial charge on any atom is 0.255 e. The SMILES string of the molecule is NCC#Cc1cnccc1C(=O)N1CCn2cnnc2C1. The van der Waals surface area contributed by atoms with Gasteiger partial charge in [-0.1, -0.05) is 11.8 Å². The summed E-state index contributed by atoms with van der Waals surface area (Å²) in [5.74, 6) is 6.36. The van der Waals surface area contributed by atoms with Crippen molar-refractivity contribution >= 4 is 5.91 Å². The monoisotopic (exact) mass is 282 g/mol. The van der Waals surface area contributed by atoms with Crippen LogP contribution in [0, 0.1) is 11.8 Å². The molecule has 0 atom stereocenters. The topological polar surface area (TPSA) is 89.9 Å². The first-order valence-electron chi connectivity index (χ1n) is 6.58. The van der Waals surface area contributed by atoms with Crippen molar-refractivity contribution in [2.45, 2.75) is 13.1 Å². The van der Waals surface area contributed by atoms with E-state index in [0.29, 0.717) is 30.8 Å². The van der Waals surface area contributed by atoms with Gasteiger partial charge >= 0.3 is 0 Å². The minimum Gasteiger partial charge on any atom is -0.329 e. The van der Waals surface area contributed by atoms with E-state index < -0.39 is 0 Å². The van der Waals surface area contributed by atoms with Gasteiger partial charge < -0.3 is 15.2 Å². The summed E-state index contributed by atoms with van der Waals surface area (Å²) in [7, 11) is 0. The maximum absolute atomic E-state index is 12.7. The minimum absolute atomic E-state index is 0.0760. The number of nitrogens with two attached hydrogens (primary N) is 1. The Labute approximate surface area is 121 Å². The summed E-state index contributed by atoms with van der Waals surface area (Å²) in [4.78, 5) is 18.4. The Hall–Kier alpha value is -2.72. The molecular formula is C14H14N6O. The molecule has 0 aliphatic carbocycles. The second-order valence-electron chi connectivity index (χ2n) is 4.59. The largest absolute Gasteiger partial charge is 0.329 e. The highest BCUT2D eigenvalue weighted by molar-refractivity contribution is 5.96. The first kappa shape index (κ1) is 13.3. The van der Waals surface area contributed by atoms with Crippen LogP contribution in [0.25, 0.3) is 0 Å². The molecule has 1 aliphatic rings. The average Bonchev–Trinajstić information content (AvgIpc) is 3.00. The number of carbonyl (C=O) groups is 1. The molecule has 106 valence electrons. The van der Waals surface area contributed by atoms with Crippen molar-refractivity contribution in [1.82, 2.24) is 24.6 Å². The molecule has 0 saturated carbocycles. The third-order valence-corrected chi connectivity index (χ3v) is 3.30. The predicted molar refractivity (Wildman–Crippen MR) is 74.9 cm³/mol. The van der Waals surface area contributed by atoms with Gasteiger partial charge in [-0.2, -0.15) is 0 Å². The fourth-order valence-corrected chi connectivity index (χ4v) is 2.24. The molecule has 1 aliphatic heterocycles. The molecule has 3 rings (SSSR count). The quantitative estimate of drug-likeness (QED) is 0.721. The molecule has 0 unspecified atom stereocenters. The third kappa shape index (κ3) is 2.61. The Balaban J connectivity index is 1.86. The molecule has 0 aromatic carbocycles. The Bertz CT molecular complexity index is 726. The number of aromatic nitrogens is 4. The Morgan fingerprint density at radius 1 is 1.43 bits per heavy atom. The predicted octanol–water partition coefficient (Wildman–Crippen LogP) is -0.361. The number of rotatable bonds is 1. The lowest BCUT2D eigenvalue weighted by atomic mass is 10.1. The van der Waals surface area contributed by atoms with Gasteiger partial charge in [0.15, 0.2) is 5.82 Å². The molecule has 0 spiro atoms. The summed E-state index contributed by atoms with van der Waals surface area (Å²) in [6, 6.07) is 1.68. The van der Waals surface area contributed by atoms with Crippen LogP contribution in [0.15, 0.2) is 24.8 Å². The van der Waals surface area contributed by atoms with Crippen molar-refractivity contribution in [1.29, 1.82) is 0 Å². The van der Waals surface area contributed by atoms with Crippen molar-refractivity contribution in [3.8, 4) is 11.8 Å². The van der Waals surface area contributed by atoms with E-state index in [-0.39, 0.29) is 12.5 Å². The van der Waals surface area contributed by atoms with E-state index in [9.17, 15) is 4.79 Å². The van der Waals surface area contributed by atoms with Crippen molar-refractivity contribution in [2.24, 2.45) is 5.73 Å². The lowest BCUT2D eigenvalue weighted by molar-refractivity contribution is 0.0707. The summed E-state index contributed by atoms with van der Waals surface area (Å²) in [6.07, 6.45) is 4.86. The maximum atomic E-state index is 12.7. The van der Waals surface area contributed by atoms with E-state index in [2.05, 4.69) is 27.0 Å². The zero-order valence-corrected chi connectivity index (χ0v) is 11.4. The number of carbonyl (C=O) groups excluding carboxylic acids is 1. The highest BCUT2D eigenvalue weighted by atomic mass is 16.2. The van der Waals surface area contributed by atoms with Crippen LogP contribution in [0.4, 0.5) is 0 Å². The zero-order chi connectivity index (χ0) is 14.7. The van der Waals surface area contributed by atoms with E-state index in [0.717, 1.165) is 5.82 Å². The van der Waals surface area contributed by atoms with Gasteiger partial charge in [0.05, 0.1) is 24.2 Å². The van der Waals surface area contributed by atoms with Crippen molar-refractivity contribution in [3.05, 3.63) is 41.7 Å². The normalized spacial score (nSPS) is 13.3. The molecule has 0 fully saturated rings. The molecule has 1 amide bonds. The van der Waals surface area contributed by atoms with Crippen LogP contribution < -0.4 is 5.73 Å². The molecule has 2 N–H and O–H groups in total. The van der Waals surface area contributed by atoms with Crippen LogP contribution in [0.2, 0.25) is 0 Å². The molecule has 0 saturated heterocycles. The molecule has 3 heterocycles. The summed E-state index contributed by atoms with van der Waals surface area (Å²) in [6.45, 7) is 2.01. The number of hydrogen-bond donors (Lipinski definition) is 1. The van der Waals surface area contributed by atoms with E-state index >= 15 is 0 Å². The highest BCUT2D eigenvalue weighted by Gasteiger charge is 2.24. The van der Waals surface area contributed by atoms with Gasteiger partial charge in [0, 0.05) is 25.5 Å². The van der Waals surface area contributed by atoms with E-state index in [1.807, 2.05) is 4.57 Å². The van der Waals surface area contributed by atoms with Gasteiger partial charge in [-0.25, -0.2) is 0 Å². The Morgan fingerprint density at radius 2 is 2.33 bits per heavy atom. The molecule has 7 heteroatoms. The average molecular weight is 282 g/mol. The van der Waals surface area contributed by atoms with Crippen molar-refractivity contribution in [3.63, 3.8) is 0 Å². The lowest BCUT2D eigenvalue weighted by Crippen LogP contribution is -2.38. The first-order valence-corrected chi connectivity index (χ1v) is 6.58. The van der Waals surface area contributed by atoms with Gasteiger partial charge in [0.2, 0.25) is 0 Å². The molecule has 21 heavy (non-hydrogen) atoms. The molecular weight excluding hydrogens is 268 g/mol. The van der Waals surface area contributed by atoms with E-state index in [1.54, 1.807) is 29.7 Å². The summed E-state index contributed by atoms with van der Waals surface area (Å²) in [5, 5.41) is 7.87. The second-order valence-corrected chi connectivity index (χ2v) is 4.59. The van der Waals surface area contributed by atoms with Crippen molar-refractivity contribution < 1.29 is 4.79 Å². The zero-order valence-electron chi connectivity index (χ0n) is 11.4. The van der Waals surface area contributed by atoms with E-state index in [4.69, 9.17) is 5.73 Å². The molecule has 0 bridgehead atoms. The van der Waals surface area contributed by atoms with E-state index in [1.165, 1.54) is 0 Å². The van der Waals surface area contributed by atoms with Crippen LogP contribution in [-0.4, -0.2) is 43.6 Å². The van der Waals surface area contributed by atoms with Crippen LogP contribution in [0.1, 0.15) is 21.7 Å². The Morgan fingerprint density at radius 3 is 3.19 bits per heavy atom. The number of hydrogen-bond acceptors (Lipinski definition) is 5. The summed E-state index contributed by atoms with van der Waals surface area (Å²) >= 11 is 0. The van der Waals surface area contributed by atoms with Gasteiger partial charge in [-0.15, -0.1) is 10.2 Å². The fraction of sp³-hybridized carbons (Fsp3) is 0.286. The number of nitrogens with zero attached hydrogens (tertiary/aromatic N) is 5.